The average molecular weight is 303 g/mol. The molecule has 0 bridgehead atoms. The molecule has 86 valence electrons. The molecule has 0 saturated heterocycles. The number of hydrogen-bond acceptors (Lipinski definition) is 3. The first-order valence-electron chi connectivity index (χ1n) is 5.01. The third-order valence-electron chi connectivity index (χ3n) is 2.15. The second-order valence-electron chi connectivity index (χ2n) is 3.65. The maximum Gasteiger partial charge on any atom is 0.147 e. The van der Waals surface area contributed by atoms with Crippen LogP contribution in [-0.4, -0.2) is 17.6 Å². The van der Waals surface area contributed by atoms with E-state index in [1.807, 2.05) is 11.0 Å². The van der Waals surface area contributed by atoms with Gasteiger partial charge in [0.25, 0.3) is 0 Å². The zero-order valence-corrected chi connectivity index (χ0v) is 11.6. The van der Waals surface area contributed by atoms with Crippen molar-refractivity contribution in [3.05, 3.63) is 21.8 Å². The fourth-order valence-electron chi connectivity index (χ4n) is 1.40. The summed E-state index contributed by atoms with van der Waals surface area (Å²) < 4.78 is 0.852. The molecule has 0 spiro atoms. The Morgan fingerprint density at radius 1 is 1.62 bits per heavy atom. The van der Waals surface area contributed by atoms with Crippen molar-refractivity contribution in [2.45, 2.75) is 26.3 Å². The van der Waals surface area contributed by atoms with Crippen LogP contribution < -0.4 is 4.90 Å². The summed E-state index contributed by atoms with van der Waals surface area (Å²) in [6.07, 6.45) is 2.18. The highest BCUT2D eigenvalue weighted by molar-refractivity contribution is 9.10. The highest BCUT2D eigenvalue weighted by Crippen LogP contribution is 2.27. The topological polar surface area (TPSA) is 39.9 Å². The first-order chi connectivity index (χ1) is 7.56. The molecular weight excluding hydrogens is 289 g/mol. The normalized spacial score (nSPS) is 10.2. The highest BCUT2D eigenvalue weighted by atomic mass is 79.9. The van der Waals surface area contributed by atoms with Crippen LogP contribution in [0.15, 0.2) is 16.7 Å². The lowest BCUT2D eigenvalue weighted by Crippen LogP contribution is -2.32. The summed E-state index contributed by atoms with van der Waals surface area (Å²) in [7, 11) is 0. The Labute approximate surface area is 109 Å². The van der Waals surface area contributed by atoms with Crippen molar-refractivity contribution in [2.75, 3.05) is 11.4 Å². The molecule has 0 radical (unpaired) electrons. The monoisotopic (exact) mass is 301 g/mol. The number of halogens is 2. The van der Waals surface area contributed by atoms with Gasteiger partial charge in [0.05, 0.1) is 17.5 Å². The minimum atomic E-state index is 0.263. The Kier molecular flexibility index (Phi) is 5.04. The average Bonchev–Trinajstić information content (AvgIpc) is 2.20. The van der Waals surface area contributed by atoms with Crippen LogP contribution >= 0.6 is 27.5 Å². The van der Waals surface area contributed by atoms with Crippen LogP contribution in [0.3, 0.4) is 0 Å². The number of aromatic nitrogens is 1. The molecule has 0 fully saturated rings. The molecular formula is C11H13BrClN3. The predicted octanol–water partition coefficient (Wildman–Crippen LogP) is 3.63. The molecule has 0 atom stereocenters. The van der Waals surface area contributed by atoms with Gasteiger partial charge in [0.2, 0.25) is 0 Å². The van der Waals surface area contributed by atoms with E-state index in [9.17, 15) is 0 Å². The lowest BCUT2D eigenvalue weighted by atomic mass is 10.2. The van der Waals surface area contributed by atoms with E-state index in [-0.39, 0.29) is 6.04 Å². The molecule has 0 aliphatic carbocycles. The zero-order valence-electron chi connectivity index (χ0n) is 9.24. The Morgan fingerprint density at radius 2 is 2.31 bits per heavy atom. The van der Waals surface area contributed by atoms with Gasteiger partial charge in [-0.05, 0) is 35.8 Å². The molecule has 1 aromatic rings. The van der Waals surface area contributed by atoms with Gasteiger partial charge in [0, 0.05) is 23.3 Å². The van der Waals surface area contributed by atoms with Gasteiger partial charge < -0.3 is 4.90 Å². The molecule has 0 N–H and O–H groups in total. The SMILES string of the molecule is CC(C)N(CCC#N)c1ncc(Br)cc1Cl. The van der Waals surface area contributed by atoms with Gasteiger partial charge in [-0.2, -0.15) is 5.26 Å². The Morgan fingerprint density at radius 3 is 2.81 bits per heavy atom. The van der Waals surface area contributed by atoms with E-state index in [0.717, 1.165) is 10.3 Å². The van der Waals surface area contributed by atoms with Crippen molar-refractivity contribution in [1.29, 1.82) is 5.26 Å². The van der Waals surface area contributed by atoms with E-state index >= 15 is 0 Å². The van der Waals surface area contributed by atoms with Crippen molar-refractivity contribution in [3.63, 3.8) is 0 Å². The summed E-state index contributed by atoms with van der Waals surface area (Å²) in [5.74, 6) is 0.732. The van der Waals surface area contributed by atoms with Crippen molar-refractivity contribution in [2.24, 2.45) is 0 Å². The number of hydrogen-bond donors (Lipinski definition) is 0. The van der Waals surface area contributed by atoms with Crippen molar-refractivity contribution >= 4 is 33.3 Å². The van der Waals surface area contributed by atoms with Gasteiger partial charge >= 0.3 is 0 Å². The molecule has 0 aliphatic rings. The Hall–Kier alpha value is -0.790. The molecule has 0 aliphatic heterocycles. The molecule has 1 heterocycles. The van der Waals surface area contributed by atoms with Gasteiger partial charge in [-0.15, -0.1) is 0 Å². The molecule has 1 rings (SSSR count). The van der Waals surface area contributed by atoms with Crippen molar-refractivity contribution < 1.29 is 0 Å². The molecule has 16 heavy (non-hydrogen) atoms. The molecule has 1 aromatic heterocycles. The predicted molar refractivity (Wildman–Crippen MR) is 69.7 cm³/mol. The quantitative estimate of drug-likeness (QED) is 0.852. The Bertz CT molecular complexity index is 401. The van der Waals surface area contributed by atoms with Gasteiger partial charge in [-0.3, -0.25) is 0 Å². The van der Waals surface area contributed by atoms with E-state index in [1.165, 1.54) is 0 Å². The third kappa shape index (κ3) is 3.36. The summed E-state index contributed by atoms with van der Waals surface area (Å²) in [6, 6.07) is 4.21. The largest absolute Gasteiger partial charge is 0.352 e. The fraction of sp³-hybridized carbons (Fsp3) is 0.455. The van der Waals surface area contributed by atoms with Gasteiger partial charge in [-0.1, -0.05) is 11.6 Å². The van der Waals surface area contributed by atoms with Crippen LogP contribution in [0.25, 0.3) is 0 Å². The van der Waals surface area contributed by atoms with Gasteiger partial charge in [-0.25, -0.2) is 4.98 Å². The summed E-state index contributed by atoms with van der Waals surface area (Å²) >= 11 is 9.45. The van der Waals surface area contributed by atoms with Crippen LogP contribution in [0, 0.1) is 11.3 Å². The molecule has 5 heteroatoms. The van der Waals surface area contributed by atoms with Crippen molar-refractivity contribution in [1.82, 2.24) is 4.98 Å². The van der Waals surface area contributed by atoms with E-state index in [0.29, 0.717) is 18.0 Å². The molecule has 0 saturated carbocycles. The second-order valence-corrected chi connectivity index (χ2v) is 4.98. The second kappa shape index (κ2) is 6.07. The number of nitriles is 1. The van der Waals surface area contributed by atoms with E-state index in [4.69, 9.17) is 16.9 Å². The summed E-state index contributed by atoms with van der Waals surface area (Å²) in [6.45, 7) is 4.75. The minimum absolute atomic E-state index is 0.263. The molecule has 0 aromatic carbocycles. The maximum atomic E-state index is 8.62. The Balaban J connectivity index is 2.97. The minimum Gasteiger partial charge on any atom is -0.352 e. The van der Waals surface area contributed by atoms with Crippen LogP contribution in [0.1, 0.15) is 20.3 Å². The zero-order chi connectivity index (χ0) is 12.1. The van der Waals surface area contributed by atoms with Gasteiger partial charge in [0.15, 0.2) is 0 Å². The van der Waals surface area contributed by atoms with Crippen molar-refractivity contribution in [3.8, 4) is 6.07 Å². The fourth-order valence-corrected chi connectivity index (χ4v) is 2.14. The van der Waals surface area contributed by atoms with Gasteiger partial charge in [0.1, 0.15) is 5.82 Å². The smallest absolute Gasteiger partial charge is 0.147 e. The molecule has 3 nitrogen and oxygen atoms in total. The number of anilines is 1. The van der Waals surface area contributed by atoms with E-state index in [2.05, 4.69) is 40.8 Å². The summed E-state index contributed by atoms with van der Waals surface area (Å²) in [5.41, 5.74) is 0. The highest BCUT2D eigenvalue weighted by Gasteiger charge is 2.15. The van der Waals surface area contributed by atoms with Crippen LogP contribution in [0.5, 0.6) is 0 Å². The first-order valence-corrected chi connectivity index (χ1v) is 6.18. The van der Waals surface area contributed by atoms with Crippen LogP contribution in [-0.2, 0) is 0 Å². The lowest BCUT2D eigenvalue weighted by Gasteiger charge is -2.27. The first kappa shape index (κ1) is 13.3. The maximum absolute atomic E-state index is 8.62. The standard InChI is InChI=1S/C11H13BrClN3/c1-8(2)16(5-3-4-14)11-10(13)6-9(12)7-15-11/h6-8H,3,5H2,1-2H3. The number of pyridine rings is 1. The number of rotatable bonds is 4. The summed E-state index contributed by atoms with van der Waals surface area (Å²) in [4.78, 5) is 6.32. The molecule has 0 unspecified atom stereocenters. The van der Waals surface area contributed by atoms with Crippen LogP contribution in [0.4, 0.5) is 5.82 Å². The van der Waals surface area contributed by atoms with E-state index < -0.39 is 0 Å². The third-order valence-corrected chi connectivity index (χ3v) is 2.86. The van der Waals surface area contributed by atoms with E-state index in [1.54, 1.807) is 6.20 Å². The number of nitrogens with zero attached hydrogens (tertiary/aromatic N) is 3. The van der Waals surface area contributed by atoms with Crippen LogP contribution in [0.2, 0.25) is 5.02 Å². The molecule has 0 amide bonds. The lowest BCUT2D eigenvalue weighted by molar-refractivity contribution is 0.677. The summed E-state index contributed by atoms with van der Waals surface area (Å²) in [5, 5.41) is 9.22.